The molecule has 0 aliphatic carbocycles. The van der Waals surface area contributed by atoms with Gasteiger partial charge in [-0.3, -0.25) is 0 Å². The van der Waals surface area contributed by atoms with Crippen molar-refractivity contribution in [1.82, 2.24) is 4.98 Å². The van der Waals surface area contributed by atoms with E-state index in [-0.39, 0.29) is 6.61 Å². The number of anilines is 1. The molecule has 1 aliphatic rings. The molecule has 0 N–H and O–H groups in total. The minimum Gasteiger partial charge on any atom is -0.464 e. The Kier molecular flexibility index (Phi) is 8.68. The number of hydrogen-bond donors (Lipinski definition) is 0. The number of esters is 1. The normalized spacial score (nSPS) is 18.3. The topological polar surface area (TPSA) is 60.9 Å². The number of aryl methyl sites for hydroxylation is 2. The van der Waals surface area contributed by atoms with E-state index < -0.39 is 23.3 Å². The fraction of sp³-hybridized carbons (Fsp3) is 0.412. The average Bonchev–Trinajstić information content (AvgIpc) is 3.35. The first kappa shape index (κ1) is 30.5. The predicted molar refractivity (Wildman–Crippen MR) is 172 cm³/mol. The largest absolute Gasteiger partial charge is 0.464 e. The second-order valence-corrected chi connectivity index (χ2v) is 13.5. The molecule has 0 bridgehead atoms. The Bertz CT molecular complexity index is 1580. The first-order chi connectivity index (χ1) is 19.9. The Morgan fingerprint density at radius 2 is 1.83 bits per heavy atom. The molecule has 1 aliphatic heterocycles. The zero-order chi connectivity index (χ0) is 30.2. The highest BCUT2D eigenvalue weighted by Gasteiger charge is 2.37. The van der Waals surface area contributed by atoms with E-state index in [9.17, 15) is 4.79 Å². The number of aromatic nitrogens is 1. The van der Waals surface area contributed by atoms with Crippen LogP contribution < -0.4 is 4.90 Å². The van der Waals surface area contributed by atoms with Gasteiger partial charge in [-0.15, -0.1) is 0 Å². The minimum absolute atomic E-state index is 0.266. The number of carbonyl (C=O) groups is 1. The molecular weight excluding hydrogens is 568 g/mol. The summed E-state index contributed by atoms with van der Waals surface area (Å²) in [6.45, 7) is 16.2. The van der Waals surface area contributed by atoms with Crippen molar-refractivity contribution >= 4 is 44.3 Å². The highest BCUT2D eigenvalue weighted by atomic mass is 35.5. The molecule has 2 heterocycles. The second kappa shape index (κ2) is 12.0. The van der Waals surface area contributed by atoms with Gasteiger partial charge in [-0.2, -0.15) is 0 Å². The van der Waals surface area contributed by atoms with Crippen LogP contribution in [0.2, 0.25) is 5.02 Å². The highest BCUT2D eigenvalue weighted by molar-refractivity contribution is 7.22. The summed E-state index contributed by atoms with van der Waals surface area (Å²) >= 11 is 7.92. The van der Waals surface area contributed by atoms with Crippen molar-refractivity contribution in [3.63, 3.8) is 0 Å². The molecule has 1 saturated heterocycles. The van der Waals surface area contributed by atoms with Crippen molar-refractivity contribution in [1.29, 1.82) is 0 Å². The van der Waals surface area contributed by atoms with Crippen molar-refractivity contribution in [2.24, 2.45) is 0 Å². The Labute approximate surface area is 257 Å². The van der Waals surface area contributed by atoms with Gasteiger partial charge in [0.05, 0.1) is 35.6 Å². The number of hydrogen-bond acceptors (Lipinski definition) is 7. The van der Waals surface area contributed by atoms with E-state index in [1.54, 1.807) is 11.3 Å². The molecule has 0 amide bonds. The van der Waals surface area contributed by atoms with Crippen LogP contribution in [0.15, 0.2) is 54.6 Å². The zero-order valence-corrected chi connectivity index (χ0v) is 27.0. The number of ether oxygens (including phenoxy) is 3. The summed E-state index contributed by atoms with van der Waals surface area (Å²) in [4.78, 5) is 20.9. The maximum Gasteiger partial charge on any atom is 0.339 e. The SMILES string of the molecule is CCOC(=O)C(OC(C)(C)C)c1c(C)cc2nc(N3CCOC(C)(c4ccc(C)cc4)C3)sc2c1-c1ccc(Cl)cc1. The van der Waals surface area contributed by atoms with Gasteiger partial charge in [0.2, 0.25) is 0 Å². The van der Waals surface area contributed by atoms with Gasteiger partial charge in [0.1, 0.15) is 5.60 Å². The van der Waals surface area contributed by atoms with Gasteiger partial charge in [-0.05, 0) is 83.4 Å². The number of carbonyl (C=O) groups excluding carboxylic acids is 1. The smallest absolute Gasteiger partial charge is 0.339 e. The molecule has 1 aromatic heterocycles. The van der Waals surface area contributed by atoms with E-state index in [0.29, 0.717) is 18.2 Å². The lowest BCUT2D eigenvalue weighted by atomic mass is 9.91. The van der Waals surface area contributed by atoms with Gasteiger partial charge in [0.25, 0.3) is 0 Å². The van der Waals surface area contributed by atoms with Crippen molar-refractivity contribution in [3.05, 3.63) is 81.9 Å². The van der Waals surface area contributed by atoms with Gasteiger partial charge in [0.15, 0.2) is 11.2 Å². The van der Waals surface area contributed by atoms with Crippen LogP contribution in [-0.4, -0.2) is 42.9 Å². The summed E-state index contributed by atoms with van der Waals surface area (Å²) in [6.07, 6.45) is -0.904. The first-order valence-electron chi connectivity index (χ1n) is 14.4. The number of fused-ring (bicyclic) bond motifs is 1. The highest BCUT2D eigenvalue weighted by Crippen LogP contribution is 2.45. The van der Waals surface area contributed by atoms with Crippen molar-refractivity contribution in [3.8, 4) is 11.1 Å². The Morgan fingerprint density at radius 1 is 1.14 bits per heavy atom. The molecule has 42 heavy (non-hydrogen) atoms. The van der Waals surface area contributed by atoms with Gasteiger partial charge >= 0.3 is 5.97 Å². The molecule has 0 saturated carbocycles. The standard InChI is InChI=1S/C34H39ClN2O4S/c1-8-39-31(38)29(41-33(4,5)6)27-22(3)19-26-30(28(27)23-11-15-25(35)16-12-23)42-32(36-26)37-17-18-40-34(7,20-37)24-13-9-21(2)10-14-24/h9-16,19,29H,8,17-18,20H2,1-7H3. The maximum atomic E-state index is 13.4. The van der Waals surface area contributed by atoms with Gasteiger partial charge in [-0.1, -0.05) is 64.9 Å². The molecule has 3 aromatic carbocycles. The molecule has 6 nitrogen and oxygen atoms in total. The van der Waals surface area contributed by atoms with Gasteiger partial charge in [0, 0.05) is 22.7 Å². The quantitative estimate of drug-likeness (QED) is 0.197. The van der Waals surface area contributed by atoms with Gasteiger partial charge < -0.3 is 19.1 Å². The molecule has 1 fully saturated rings. The number of rotatable bonds is 7. The van der Waals surface area contributed by atoms with E-state index in [2.05, 4.69) is 49.1 Å². The fourth-order valence-corrected chi connectivity index (χ4v) is 6.76. The van der Waals surface area contributed by atoms with E-state index in [0.717, 1.165) is 49.7 Å². The first-order valence-corrected chi connectivity index (χ1v) is 15.6. The number of morpholine rings is 1. The Balaban J connectivity index is 1.66. The minimum atomic E-state index is -0.904. The summed E-state index contributed by atoms with van der Waals surface area (Å²) in [7, 11) is 0. The Morgan fingerprint density at radius 3 is 2.48 bits per heavy atom. The van der Waals surface area contributed by atoms with Crippen molar-refractivity contribution in [2.75, 3.05) is 31.2 Å². The number of nitrogens with zero attached hydrogens (tertiary/aromatic N) is 2. The summed E-state index contributed by atoms with van der Waals surface area (Å²) in [5, 5.41) is 1.56. The zero-order valence-electron chi connectivity index (χ0n) is 25.4. The number of thiazole rings is 1. The predicted octanol–water partition coefficient (Wildman–Crippen LogP) is 8.40. The van der Waals surface area contributed by atoms with Crippen LogP contribution in [-0.2, 0) is 24.6 Å². The van der Waals surface area contributed by atoms with E-state index in [1.807, 2.05) is 58.9 Å². The number of benzene rings is 3. The van der Waals surface area contributed by atoms with Crippen LogP contribution in [0.5, 0.6) is 0 Å². The molecule has 2 unspecified atom stereocenters. The average molecular weight is 607 g/mol. The molecule has 222 valence electrons. The summed E-state index contributed by atoms with van der Waals surface area (Å²) < 4.78 is 19.3. The lowest BCUT2D eigenvalue weighted by molar-refractivity contribution is -0.166. The molecule has 2 atom stereocenters. The Hall–Kier alpha value is -2.97. The van der Waals surface area contributed by atoms with Crippen LogP contribution in [0.4, 0.5) is 5.13 Å². The summed E-state index contributed by atoms with van der Waals surface area (Å²) in [5.41, 5.74) is 5.77. The summed E-state index contributed by atoms with van der Waals surface area (Å²) in [5.74, 6) is -0.406. The van der Waals surface area contributed by atoms with Crippen LogP contribution in [0.1, 0.15) is 63.0 Å². The summed E-state index contributed by atoms with van der Waals surface area (Å²) in [6, 6.07) is 18.3. The number of halogens is 1. The lowest BCUT2D eigenvalue weighted by Gasteiger charge is -2.40. The molecule has 5 rings (SSSR count). The third kappa shape index (κ3) is 6.35. The molecular formula is C34H39ClN2O4S. The molecule has 4 aromatic rings. The molecule has 0 spiro atoms. The van der Waals surface area contributed by atoms with Crippen LogP contribution in [0.3, 0.4) is 0 Å². The van der Waals surface area contributed by atoms with Crippen LogP contribution in [0, 0.1) is 13.8 Å². The van der Waals surface area contributed by atoms with E-state index >= 15 is 0 Å². The van der Waals surface area contributed by atoms with E-state index in [1.165, 1.54) is 5.56 Å². The van der Waals surface area contributed by atoms with Crippen molar-refractivity contribution < 1.29 is 19.0 Å². The third-order valence-electron chi connectivity index (χ3n) is 7.49. The van der Waals surface area contributed by atoms with Crippen molar-refractivity contribution in [2.45, 2.75) is 65.8 Å². The third-order valence-corrected chi connectivity index (χ3v) is 8.89. The second-order valence-electron chi connectivity index (χ2n) is 12.1. The molecule has 0 radical (unpaired) electrons. The lowest BCUT2D eigenvalue weighted by Crippen LogP contribution is -2.48. The van der Waals surface area contributed by atoms with Crippen LogP contribution >= 0.6 is 22.9 Å². The van der Waals surface area contributed by atoms with Gasteiger partial charge in [-0.25, -0.2) is 9.78 Å². The van der Waals surface area contributed by atoms with E-state index in [4.69, 9.17) is 30.8 Å². The fourth-order valence-electron chi connectivity index (χ4n) is 5.49. The van der Waals surface area contributed by atoms with Crippen LogP contribution in [0.25, 0.3) is 21.3 Å². The monoisotopic (exact) mass is 606 g/mol. The molecule has 8 heteroatoms. The maximum absolute atomic E-state index is 13.4.